The predicted octanol–water partition coefficient (Wildman–Crippen LogP) is 4.10. The van der Waals surface area contributed by atoms with Crippen molar-refractivity contribution in [3.63, 3.8) is 0 Å². The molecule has 0 atom stereocenters. The Morgan fingerprint density at radius 2 is 2.10 bits per heavy atom. The molecule has 2 aromatic heterocycles. The second-order valence-electron chi connectivity index (χ2n) is 4.86. The molecular weight excluding hydrogens is 294 g/mol. The molecule has 0 spiro atoms. The van der Waals surface area contributed by atoms with Crippen LogP contribution in [0.3, 0.4) is 0 Å². The minimum absolute atomic E-state index is 0.415. The number of fused-ring (bicyclic) bond motifs is 1. The molecule has 0 amide bonds. The quantitative estimate of drug-likeness (QED) is 0.788. The molecule has 104 valence electrons. The van der Waals surface area contributed by atoms with Gasteiger partial charge in [-0.25, -0.2) is 0 Å². The zero-order valence-electron chi connectivity index (χ0n) is 11.2. The maximum absolute atomic E-state index is 6.29. The summed E-state index contributed by atoms with van der Waals surface area (Å²) in [7, 11) is 0. The SMILES string of the molecule is CC(C)NCc1ccc(-c2c(Cl)ccc3nsnc23)o1. The fourth-order valence-corrected chi connectivity index (χ4v) is 2.76. The second-order valence-corrected chi connectivity index (χ2v) is 5.79. The summed E-state index contributed by atoms with van der Waals surface area (Å²) >= 11 is 7.47. The van der Waals surface area contributed by atoms with Gasteiger partial charge in [-0.15, -0.1) is 0 Å². The molecule has 0 fully saturated rings. The van der Waals surface area contributed by atoms with Crippen LogP contribution in [0.1, 0.15) is 19.6 Å². The second kappa shape index (κ2) is 5.52. The molecule has 3 aromatic rings. The maximum atomic E-state index is 6.29. The zero-order chi connectivity index (χ0) is 14.1. The highest BCUT2D eigenvalue weighted by atomic mass is 35.5. The van der Waals surface area contributed by atoms with E-state index in [1.807, 2.05) is 24.3 Å². The largest absolute Gasteiger partial charge is 0.460 e. The topological polar surface area (TPSA) is 51.0 Å². The smallest absolute Gasteiger partial charge is 0.138 e. The van der Waals surface area contributed by atoms with Gasteiger partial charge in [-0.2, -0.15) is 8.75 Å². The van der Waals surface area contributed by atoms with Crippen molar-refractivity contribution in [2.24, 2.45) is 0 Å². The molecule has 0 saturated carbocycles. The first kappa shape index (κ1) is 13.5. The molecule has 1 N–H and O–H groups in total. The Morgan fingerprint density at radius 3 is 2.90 bits per heavy atom. The van der Waals surface area contributed by atoms with Gasteiger partial charge < -0.3 is 9.73 Å². The summed E-state index contributed by atoms with van der Waals surface area (Å²) < 4.78 is 14.4. The lowest BCUT2D eigenvalue weighted by Gasteiger charge is -2.05. The van der Waals surface area contributed by atoms with Gasteiger partial charge in [-0.05, 0) is 24.3 Å². The number of furan rings is 1. The van der Waals surface area contributed by atoms with E-state index in [0.717, 1.165) is 28.1 Å². The number of halogens is 1. The Balaban J connectivity index is 1.99. The Labute approximate surface area is 126 Å². The number of benzene rings is 1. The van der Waals surface area contributed by atoms with Crippen molar-refractivity contribution in [1.29, 1.82) is 0 Å². The standard InChI is InChI=1S/C14H14ClN3OS/c1-8(2)16-7-9-3-6-12(19-9)13-10(15)4-5-11-14(13)18-20-17-11/h3-6,8,16H,7H2,1-2H3. The lowest BCUT2D eigenvalue weighted by molar-refractivity contribution is 0.473. The van der Waals surface area contributed by atoms with Gasteiger partial charge in [0.2, 0.25) is 0 Å². The summed E-state index contributed by atoms with van der Waals surface area (Å²) in [6, 6.07) is 8.00. The lowest BCUT2D eigenvalue weighted by atomic mass is 10.1. The van der Waals surface area contributed by atoms with E-state index >= 15 is 0 Å². The van der Waals surface area contributed by atoms with E-state index in [-0.39, 0.29) is 0 Å². The predicted molar refractivity (Wildman–Crippen MR) is 82.1 cm³/mol. The highest BCUT2D eigenvalue weighted by molar-refractivity contribution is 7.00. The number of nitrogens with zero attached hydrogens (tertiary/aromatic N) is 2. The van der Waals surface area contributed by atoms with E-state index in [0.29, 0.717) is 17.6 Å². The number of rotatable bonds is 4. The molecule has 1 aromatic carbocycles. The molecule has 0 aliphatic carbocycles. The van der Waals surface area contributed by atoms with Crippen LogP contribution in [0.15, 0.2) is 28.7 Å². The molecule has 0 bridgehead atoms. The molecule has 0 aliphatic rings. The summed E-state index contributed by atoms with van der Waals surface area (Å²) in [6.45, 7) is 4.89. The van der Waals surface area contributed by atoms with E-state index in [1.165, 1.54) is 11.7 Å². The van der Waals surface area contributed by atoms with Crippen molar-refractivity contribution in [3.05, 3.63) is 35.0 Å². The van der Waals surface area contributed by atoms with Crippen molar-refractivity contribution < 1.29 is 4.42 Å². The summed E-state index contributed by atoms with van der Waals surface area (Å²) in [5.41, 5.74) is 2.45. The normalized spacial score (nSPS) is 11.6. The summed E-state index contributed by atoms with van der Waals surface area (Å²) in [5, 5.41) is 3.95. The number of hydrogen-bond acceptors (Lipinski definition) is 5. The van der Waals surface area contributed by atoms with Crippen LogP contribution in [-0.2, 0) is 6.54 Å². The zero-order valence-corrected chi connectivity index (χ0v) is 12.8. The fourth-order valence-electron chi connectivity index (χ4n) is 1.97. The summed E-state index contributed by atoms with van der Waals surface area (Å²) in [4.78, 5) is 0. The van der Waals surface area contributed by atoms with Gasteiger partial charge >= 0.3 is 0 Å². The van der Waals surface area contributed by atoms with Crippen LogP contribution in [0.4, 0.5) is 0 Å². The lowest BCUT2D eigenvalue weighted by Crippen LogP contribution is -2.21. The Morgan fingerprint density at radius 1 is 1.25 bits per heavy atom. The highest BCUT2D eigenvalue weighted by Gasteiger charge is 2.15. The van der Waals surface area contributed by atoms with E-state index in [9.17, 15) is 0 Å². The average molecular weight is 308 g/mol. The molecule has 0 radical (unpaired) electrons. The van der Waals surface area contributed by atoms with Crippen molar-refractivity contribution in [2.75, 3.05) is 0 Å². The molecular formula is C14H14ClN3OS. The van der Waals surface area contributed by atoms with E-state index < -0.39 is 0 Å². The Hall–Kier alpha value is -1.43. The van der Waals surface area contributed by atoms with Gasteiger partial charge in [-0.3, -0.25) is 0 Å². The van der Waals surface area contributed by atoms with Gasteiger partial charge in [0.05, 0.1) is 28.9 Å². The highest BCUT2D eigenvalue weighted by Crippen LogP contribution is 2.35. The molecule has 3 rings (SSSR count). The minimum Gasteiger partial charge on any atom is -0.460 e. The number of hydrogen-bond donors (Lipinski definition) is 1. The fraction of sp³-hybridized carbons (Fsp3) is 0.286. The number of aromatic nitrogens is 2. The van der Waals surface area contributed by atoms with Gasteiger partial charge in [0.15, 0.2) is 0 Å². The van der Waals surface area contributed by atoms with Crippen LogP contribution in [0.2, 0.25) is 5.02 Å². The van der Waals surface area contributed by atoms with Gasteiger partial charge in [0, 0.05) is 6.04 Å². The molecule has 20 heavy (non-hydrogen) atoms. The van der Waals surface area contributed by atoms with Crippen LogP contribution in [0.25, 0.3) is 22.4 Å². The van der Waals surface area contributed by atoms with Crippen LogP contribution in [0.5, 0.6) is 0 Å². The van der Waals surface area contributed by atoms with Crippen molar-refractivity contribution in [3.8, 4) is 11.3 Å². The first-order chi connectivity index (χ1) is 9.65. The molecule has 6 heteroatoms. The third-order valence-electron chi connectivity index (χ3n) is 2.97. The first-order valence-electron chi connectivity index (χ1n) is 6.38. The van der Waals surface area contributed by atoms with Crippen molar-refractivity contribution in [1.82, 2.24) is 14.1 Å². The summed E-state index contributed by atoms with van der Waals surface area (Å²) in [5.74, 6) is 1.61. The van der Waals surface area contributed by atoms with Crippen LogP contribution < -0.4 is 5.32 Å². The third kappa shape index (κ3) is 2.57. The monoisotopic (exact) mass is 307 g/mol. The third-order valence-corrected chi connectivity index (χ3v) is 3.83. The Kier molecular flexibility index (Phi) is 3.74. The maximum Gasteiger partial charge on any atom is 0.138 e. The van der Waals surface area contributed by atoms with Crippen LogP contribution in [0, 0.1) is 0 Å². The Bertz CT molecular complexity index is 735. The van der Waals surface area contributed by atoms with Gasteiger partial charge in [-0.1, -0.05) is 25.4 Å². The molecule has 0 unspecified atom stereocenters. The van der Waals surface area contributed by atoms with Gasteiger partial charge in [0.1, 0.15) is 22.6 Å². The molecule has 0 aliphatic heterocycles. The van der Waals surface area contributed by atoms with Crippen LogP contribution in [-0.4, -0.2) is 14.8 Å². The van der Waals surface area contributed by atoms with E-state index in [1.54, 1.807) is 0 Å². The van der Waals surface area contributed by atoms with Crippen LogP contribution >= 0.6 is 23.3 Å². The minimum atomic E-state index is 0.415. The molecule has 2 heterocycles. The molecule has 0 saturated heterocycles. The number of nitrogens with one attached hydrogen (secondary N) is 1. The average Bonchev–Trinajstić information content (AvgIpc) is 3.04. The van der Waals surface area contributed by atoms with Crippen molar-refractivity contribution >= 4 is 34.4 Å². The molecule has 4 nitrogen and oxygen atoms in total. The van der Waals surface area contributed by atoms with E-state index in [2.05, 4.69) is 27.9 Å². The van der Waals surface area contributed by atoms with Crippen molar-refractivity contribution in [2.45, 2.75) is 26.4 Å². The van der Waals surface area contributed by atoms with Gasteiger partial charge in [0.25, 0.3) is 0 Å². The first-order valence-corrected chi connectivity index (χ1v) is 7.49. The summed E-state index contributed by atoms with van der Waals surface area (Å²) in [6.07, 6.45) is 0. The van der Waals surface area contributed by atoms with E-state index in [4.69, 9.17) is 16.0 Å².